The van der Waals surface area contributed by atoms with E-state index in [9.17, 15) is 18.7 Å². The first-order valence-electron chi connectivity index (χ1n) is 5.74. The summed E-state index contributed by atoms with van der Waals surface area (Å²) in [5.74, 6) is -1.19. The van der Waals surface area contributed by atoms with Crippen molar-refractivity contribution in [2.24, 2.45) is 0 Å². The van der Waals surface area contributed by atoms with E-state index in [1.165, 1.54) is 38.3 Å². The Labute approximate surface area is 110 Å². The molecule has 0 unspecified atom stereocenters. The van der Waals surface area contributed by atoms with Crippen molar-refractivity contribution >= 4 is 5.91 Å². The Bertz CT molecular complexity index is 420. The van der Waals surface area contributed by atoms with E-state index in [4.69, 9.17) is 4.74 Å². The van der Waals surface area contributed by atoms with Crippen molar-refractivity contribution in [2.75, 3.05) is 20.4 Å². The molecule has 6 heteroatoms. The number of hydrogen-bond acceptors (Lipinski definition) is 3. The van der Waals surface area contributed by atoms with E-state index in [2.05, 4.69) is 5.32 Å². The molecule has 0 bridgehead atoms. The number of carbonyl (C=O) groups is 1. The molecule has 106 valence electrons. The van der Waals surface area contributed by atoms with Gasteiger partial charge >= 0.3 is 0 Å². The SMILES string of the molecule is COC[C@@](C)(O)C(=O)N[C@H](CF)c1ccc(F)cc1. The van der Waals surface area contributed by atoms with E-state index in [0.29, 0.717) is 5.56 Å². The van der Waals surface area contributed by atoms with Crippen molar-refractivity contribution in [2.45, 2.75) is 18.6 Å². The van der Waals surface area contributed by atoms with E-state index < -0.39 is 30.0 Å². The van der Waals surface area contributed by atoms with E-state index in [0.717, 1.165) is 0 Å². The molecule has 0 heterocycles. The maximum atomic E-state index is 13.0. The zero-order valence-electron chi connectivity index (χ0n) is 10.8. The molecule has 1 rings (SSSR count). The van der Waals surface area contributed by atoms with Gasteiger partial charge in [0.25, 0.3) is 5.91 Å². The molecule has 1 aromatic carbocycles. The zero-order valence-corrected chi connectivity index (χ0v) is 10.8. The highest BCUT2D eigenvalue weighted by Crippen LogP contribution is 2.16. The third-order valence-electron chi connectivity index (χ3n) is 2.65. The fourth-order valence-electron chi connectivity index (χ4n) is 1.57. The molecule has 0 aliphatic rings. The summed E-state index contributed by atoms with van der Waals surface area (Å²) in [7, 11) is 1.34. The minimum Gasteiger partial charge on any atom is -0.381 e. The lowest BCUT2D eigenvalue weighted by Crippen LogP contribution is -2.49. The first-order valence-corrected chi connectivity index (χ1v) is 5.74. The first kappa shape index (κ1) is 15.5. The van der Waals surface area contributed by atoms with Crippen LogP contribution in [0, 0.1) is 5.82 Å². The molecule has 0 fully saturated rings. The second-order valence-electron chi connectivity index (χ2n) is 4.44. The van der Waals surface area contributed by atoms with Gasteiger partial charge in [-0.2, -0.15) is 0 Å². The summed E-state index contributed by atoms with van der Waals surface area (Å²) in [5, 5.41) is 12.2. The average Bonchev–Trinajstić information content (AvgIpc) is 2.36. The van der Waals surface area contributed by atoms with Gasteiger partial charge in [0.15, 0.2) is 5.60 Å². The van der Waals surface area contributed by atoms with Gasteiger partial charge in [-0.15, -0.1) is 0 Å². The highest BCUT2D eigenvalue weighted by atomic mass is 19.1. The van der Waals surface area contributed by atoms with Crippen LogP contribution in [0.2, 0.25) is 0 Å². The van der Waals surface area contributed by atoms with E-state index >= 15 is 0 Å². The number of amides is 1. The van der Waals surface area contributed by atoms with Gasteiger partial charge in [0, 0.05) is 7.11 Å². The molecule has 1 amide bonds. The molecule has 0 aliphatic heterocycles. The maximum Gasteiger partial charge on any atom is 0.254 e. The number of methoxy groups -OCH3 is 1. The predicted molar refractivity (Wildman–Crippen MR) is 65.8 cm³/mol. The normalized spacial score (nSPS) is 15.6. The number of carbonyl (C=O) groups excluding carboxylic acids is 1. The third kappa shape index (κ3) is 4.25. The van der Waals surface area contributed by atoms with E-state index in [1.807, 2.05) is 0 Å². The highest BCUT2D eigenvalue weighted by Gasteiger charge is 2.32. The van der Waals surface area contributed by atoms with Gasteiger partial charge < -0.3 is 15.2 Å². The van der Waals surface area contributed by atoms with Crippen LogP contribution >= 0.6 is 0 Å². The molecule has 1 aromatic rings. The molecule has 0 saturated heterocycles. The van der Waals surface area contributed by atoms with Crippen molar-refractivity contribution in [1.82, 2.24) is 5.32 Å². The van der Waals surface area contributed by atoms with Crippen LogP contribution in [0.5, 0.6) is 0 Å². The fourth-order valence-corrected chi connectivity index (χ4v) is 1.57. The Morgan fingerprint density at radius 1 is 1.47 bits per heavy atom. The summed E-state index contributed by atoms with van der Waals surface area (Å²) >= 11 is 0. The van der Waals surface area contributed by atoms with Crippen molar-refractivity contribution in [3.05, 3.63) is 35.6 Å². The molecule has 0 aliphatic carbocycles. The zero-order chi connectivity index (χ0) is 14.5. The lowest BCUT2D eigenvalue weighted by Gasteiger charge is -2.24. The molecular weight excluding hydrogens is 256 g/mol. The number of hydrogen-bond donors (Lipinski definition) is 2. The Balaban J connectivity index is 2.77. The van der Waals surface area contributed by atoms with Crippen LogP contribution in [-0.4, -0.2) is 37.0 Å². The second kappa shape index (κ2) is 6.58. The van der Waals surface area contributed by atoms with Crippen molar-refractivity contribution in [3.8, 4) is 0 Å². The average molecular weight is 273 g/mol. The summed E-state index contributed by atoms with van der Waals surface area (Å²) in [4.78, 5) is 11.8. The second-order valence-corrected chi connectivity index (χ2v) is 4.44. The van der Waals surface area contributed by atoms with E-state index in [-0.39, 0.29) is 6.61 Å². The monoisotopic (exact) mass is 273 g/mol. The van der Waals surface area contributed by atoms with Gasteiger partial charge in [0.2, 0.25) is 0 Å². The number of halogens is 2. The Kier molecular flexibility index (Phi) is 5.38. The van der Waals surface area contributed by atoms with Crippen molar-refractivity contribution in [3.63, 3.8) is 0 Å². The van der Waals surface area contributed by atoms with Crippen LogP contribution in [0.15, 0.2) is 24.3 Å². The summed E-state index contributed by atoms with van der Waals surface area (Å²) < 4.78 is 30.4. The van der Waals surface area contributed by atoms with Crippen LogP contribution in [0.25, 0.3) is 0 Å². The van der Waals surface area contributed by atoms with Gasteiger partial charge in [0.1, 0.15) is 12.5 Å². The lowest BCUT2D eigenvalue weighted by atomic mass is 10.0. The number of nitrogens with one attached hydrogen (secondary N) is 1. The van der Waals surface area contributed by atoms with Crippen LogP contribution in [0.4, 0.5) is 8.78 Å². The summed E-state index contributed by atoms with van der Waals surface area (Å²) in [6.07, 6.45) is 0. The molecule has 19 heavy (non-hydrogen) atoms. The molecule has 0 saturated carbocycles. The number of rotatable bonds is 6. The van der Waals surface area contributed by atoms with E-state index in [1.54, 1.807) is 0 Å². The number of benzene rings is 1. The van der Waals surface area contributed by atoms with Crippen LogP contribution in [-0.2, 0) is 9.53 Å². The van der Waals surface area contributed by atoms with Gasteiger partial charge in [-0.05, 0) is 24.6 Å². The topological polar surface area (TPSA) is 58.6 Å². The molecule has 2 atom stereocenters. The van der Waals surface area contributed by atoms with Crippen LogP contribution in [0.3, 0.4) is 0 Å². The number of alkyl halides is 1. The lowest BCUT2D eigenvalue weighted by molar-refractivity contribution is -0.144. The molecule has 0 spiro atoms. The fraction of sp³-hybridized carbons (Fsp3) is 0.462. The highest BCUT2D eigenvalue weighted by molar-refractivity contribution is 5.85. The Morgan fingerprint density at radius 2 is 2.05 bits per heavy atom. The van der Waals surface area contributed by atoms with Gasteiger partial charge in [-0.3, -0.25) is 4.79 Å². The number of ether oxygens (including phenoxy) is 1. The summed E-state index contributed by atoms with van der Waals surface area (Å²) in [6.45, 7) is 0.202. The van der Waals surface area contributed by atoms with Crippen LogP contribution in [0.1, 0.15) is 18.5 Å². The Hall–Kier alpha value is -1.53. The standard InChI is InChI=1S/C13H17F2NO3/c1-13(18,8-19-2)12(17)16-11(7-14)9-3-5-10(15)6-4-9/h3-6,11,18H,7-8H2,1-2H3,(H,16,17)/t11-,13-/m1/s1. The summed E-state index contributed by atoms with van der Waals surface area (Å²) in [6, 6.07) is 4.18. The Morgan fingerprint density at radius 3 is 2.53 bits per heavy atom. The number of aliphatic hydroxyl groups is 1. The van der Waals surface area contributed by atoms with Crippen molar-refractivity contribution in [1.29, 1.82) is 0 Å². The van der Waals surface area contributed by atoms with Gasteiger partial charge in [-0.25, -0.2) is 8.78 Å². The predicted octanol–water partition coefficient (Wildman–Crippen LogP) is 1.35. The maximum absolute atomic E-state index is 13.0. The van der Waals surface area contributed by atoms with Crippen LogP contribution < -0.4 is 5.32 Å². The van der Waals surface area contributed by atoms with Crippen molar-refractivity contribution < 1.29 is 23.4 Å². The molecule has 0 radical (unpaired) electrons. The third-order valence-corrected chi connectivity index (χ3v) is 2.65. The summed E-state index contributed by atoms with van der Waals surface area (Å²) in [5.41, 5.74) is -1.33. The molecule has 0 aromatic heterocycles. The molecular formula is C13H17F2NO3. The first-order chi connectivity index (χ1) is 8.90. The smallest absolute Gasteiger partial charge is 0.254 e. The van der Waals surface area contributed by atoms with Gasteiger partial charge in [0.05, 0.1) is 12.6 Å². The molecule has 4 nitrogen and oxygen atoms in total. The quantitative estimate of drug-likeness (QED) is 0.822. The van der Waals surface area contributed by atoms with Gasteiger partial charge in [-0.1, -0.05) is 12.1 Å². The minimum atomic E-state index is -1.75. The largest absolute Gasteiger partial charge is 0.381 e. The minimum absolute atomic E-state index is 0.207. The molecule has 2 N–H and O–H groups in total.